The van der Waals surface area contributed by atoms with Gasteiger partial charge in [-0.2, -0.15) is 0 Å². The molecule has 0 saturated carbocycles. The molecular formula is C15H18FN3O2. The number of ether oxygens (including phenoxy) is 2. The van der Waals surface area contributed by atoms with Gasteiger partial charge in [0.05, 0.1) is 18.8 Å². The first-order valence-corrected chi connectivity index (χ1v) is 6.53. The van der Waals surface area contributed by atoms with Gasteiger partial charge >= 0.3 is 0 Å². The van der Waals surface area contributed by atoms with Crippen molar-refractivity contribution in [3.63, 3.8) is 0 Å². The second-order valence-electron chi connectivity index (χ2n) is 4.42. The van der Waals surface area contributed by atoms with E-state index in [9.17, 15) is 4.39 Å². The number of halogens is 1. The van der Waals surface area contributed by atoms with E-state index in [1.165, 1.54) is 6.07 Å². The summed E-state index contributed by atoms with van der Waals surface area (Å²) in [6.45, 7) is 0.906. The molecule has 1 aromatic heterocycles. The Balaban J connectivity index is 2.29. The van der Waals surface area contributed by atoms with Gasteiger partial charge in [0.2, 0.25) is 0 Å². The quantitative estimate of drug-likeness (QED) is 0.462. The highest BCUT2D eigenvalue weighted by Gasteiger charge is 2.17. The van der Waals surface area contributed by atoms with Crippen molar-refractivity contribution < 1.29 is 13.9 Å². The van der Waals surface area contributed by atoms with E-state index in [4.69, 9.17) is 15.3 Å². The fourth-order valence-electron chi connectivity index (χ4n) is 2.04. The summed E-state index contributed by atoms with van der Waals surface area (Å²) in [5.41, 5.74) is 4.11. The first-order chi connectivity index (χ1) is 10.3. The SMILES string of the molecule is COCCOc1ccccc1C(NN)c1cncc(F)c1. The van der Waals surface area contributed by atoms with Crippen LogP contribution in [0, 0.1) is 5.82 Å². The Hall–Kier alpha value is -2.02. The third-order valence-corrected chi connectivity index (χ3v) is 3.00. The molecule has 112 valence electrons. The molecule has 0 aliphatic rings. The van der Waals surface area contributed by atoms with Gasteiger partial charge in [-0.3, -0.25) is 10.8 Å². The van der Waals surface area contributed by atoms with Crippen LogP contribution in [0.5, 0.6) is 5.75 Å². The van der Waals surface area contributed by atoms with Crippen LogP contribution >= 0.6 is 0 Å². The van der Waals surface area contributed by atoms with Crippen molar-refractivity contribution in [1.29, 1.82) is 0 Å². The topological polar surface area (TPSA) is 69.4 Å². The van der Waals surface area contributed by atoms with Crippen LogP contribution in [0.15, 0.2) is 42.7 Å². The molecule has 21 heavy (non-hydrogen) atoms. The first-order valence-electron chi connectivity index (χ1n) is 6.53. The molecule has 1 aromatic carbocycles. The van der Waals surface area contributed by atoms with Gasteiger partial charge in [-0.1, -0.05) is 18.2 Å². The molecule has 0 saturated heterocycles. The van der Waals surface area contributed by atoms with Crippen molar-refractivity contribution >= 4 is 0 Å². The number of para-hydroxylation sites is 1. The number of methoxy groups -OCH3 is 1. The number of aromatic nitrogens is 1. The summed E-state index contributed by atoms with van der Waals surface area (Å²) in [4.78, 5) is 3.85. The number of hydrazine groups is 1. The van der Waals surface area contributed by atoms with Gasteiger partial charge in [-0.15, -0.1) is 0 Å². The molecule has 0 amide bonds. The minimum Gasteiger partial charge on any atom is -0.491 e. The Kier molecular flexibility index (Phi) is 5.62. The number of benzene rings is 1. The molecule has 2 rings (SSSR count). The van der Waals surface area contributed by atoms with E-state index in [0.717, 1.165) is 11.8 Å². The summed E-state index contributed by atoms with van der Waals surface area (Å²) in [5.74, 6) is 5.89. The molecule has 0 fully saturated rings. The van der Waals surface area contributed by atoms with Gasteiger partial charge in [-0.25, -0.2) is 9.82 Å². The zero-order chi connectivity index (χ0) is 15.1. The molecule has 6 heteroatoms. The van der Waals surface area contributed by atoms with Crippen LogP contribution in [-0.4, -0.2) is 25.3 Å². The summed E-state index contributed by atoms with van der Waals surface area (Å²) < 4.78 is 24.0. The van der Waals surface area contributed by atoms with E-state index < -0.39 is 11.9 Å². The minimum atomic E-state index is -0.412. The maximum Gasteiger partial charge on any atom is 0.141 e. The highest BCUT2D eigenvalue weighted by molar-refractivity contribution is 5.41. The molecule has 2 aromatic rings. The number of nitrogens with zero attached hydrogens (tertiary/aromatic N) is 1. The van der Waals surface area contributed by atoms with Gasteiger partial charge in [-0.05, 0) is 17.7 Å². The summed E-state index contributed by atoms with van der Waals surface area (Å²) >= 11 is 0. The van der Waals surface area contributed by atoms with E-state index >= 15 is 0 Å². The third kappa shape index (κ3) is 3.98. The zero-order valence-electron chi connectivity index (χ0n) is 11.8. The number of hydrogen-bond acceptors (Lipinski definition) is 5. The average Bonchev–Trinajstić information content (AvgIpc) is 2.50. The number of nitrogens with two attached hydrogens (primary N) is 1. The second-order valence-corrected chi connectivity index (χ2v) is 4.42. The van der Waals surface area contributed by atoms with Gasteiger partial charge in [0.1, 0.15) is 18.2 Å². The molecular weight excluding hydrogens is 273 g/mol. The molecule has 0 aliphatic carbocycles. The van der Waals surface area contributed by atoms with Crippen molar-refractivity contribution in [2.45, 2.75) is 6.04 Å². The second kappa shape index (κ2) is 7.68. The summed E-state index contributed by atoms with van der Waals surface area (Å²) in [5, 5.41) is 0. The van der Waals surface area contributed by atoms with Crippen molar-refractivity contribution in [2.24, 2.45) is 5.84 Å². The monoisotopic (exact) mass is 291 g/mol. The lowest BCUT2D eigenvalue weighted by Crippen LogP contribution is -2.29. The predicted molar refractivity (Wildman–Crippen MR) is 77.2 cm³/mol. The maximum absolute atomic E-state index is 13.3. The van der Waals surface area contributed by atoms with Gasteiger partial charge < -0.3 is 9.47 Å². The van der Waals surface area contributed by atoms with Gasteiger partial charge in [0.15, 0.2) is 0 Å². The first kappa shape index (κ1) is 15.4. The largest absolute Gasteiger partial charge is 0.491 e. The Bertz CT molecular complexity index is 580. The zero-order valence-corrected chi connectivity index (χ0v) is 11.8. The highest BCUT2D eigenvalue weighted by Crippen LogP contribution is 2.29. The fourth-order valence-corrected chi connectivity index (χ4v) is 2.04. The summed E-state index contributed by atoms with van der Waals surface area (Å²) in [6.07, 6.45) is 2.72. The molecule has 0 bridgehead atoms. The molecule has 5 nitrogen and oxygen atoms in total. The minimum absolute atomic E-state index is 0.410. The van der Waals surface area contributed by atoms with Crippen molar-refractivity contribution in [1.82, 2.24) is 10.4 Å². The number of pyridine rings is 1. The molecule has 0 radical (unpaired) electrons. The van der Waals surface area contributed by atoms with E-state index in [0.29, 0.717) is 24.5 Å². The molecule has 1 unspecified atom stereocenters. The maximum atomic E-state index is 13.3. The number of nitrogens with one attached hydrogen (secondary N) is 1. The lowest BCUT2D eigenvalue weighted by atomic mass is 10.00. The lowest BCUT2D eigenvalue weighted by Gasteiger charge is -2.20. The van der Waals surface area contributed by atoms with Gasteiger partial charge in [0.25, 0.3) is 0 Å². The van der Waals surface area contributed by atoms with Crippen LogP contribution in [0.2, 0.25) is 0 Å². The van der Waals surface area contributed by atoms with E-state index in [1.54, 1.807) is 13.3 Å². The summed E-state index contributed by atoms with van der Waals surface area (Å²) in [7, 11) is 1.61. The molecule has 0 aliphatic heterocycles. The molecule has 1 atom stereocenters. The van der Waals surface area contributed by atoms with Crippen molar-refractivity contribution in [3.05, 3.63) is 59.7 Å². The molecule has 0 spiro atoms. The van der Waals surface area contributed by atoms with Crippen LogP contribution in [0.3, 0.4) is 0 Å². The Morgan fingerprint density at radius 1 is 1.29 bits per heavy atom. The summed E-state index contributed by atoms with van der Waals surface area (Å²) in [6, 6.07) is 8.42. The number of hydrogen-bond donors (Lipinski definition) is 2. The van der Waals surface area contributed by atoms with Crippen LogP contribution < -0.4 is 16.0 Å². The smallest absolute Gasteiger partial charge is 0.141 e. The van der Waals surface area contributed by atoms with Crippen LogP contribution in [0.25, 0.3) is 0 Å². The highest BCUT2D eigenvalue weighted by atomic mass is 19.1. The Morgan fingerprint density at radius 3 is 2.81 bits per heavy atom. The van der Waals surface area contributed by atoms with E-state index in [-0.39, 0.29) is 0 Å². The van der Waals surface area contributed by atoms with Crippen LogP contribution in [0.4, 0.5) is 4.39 Å². The third-order valence-electron chi connectivity index (χ3n) is 3.00. The fraction of sp³-hybridized carbons (Fsp3) is 0.267. The Labute approximate surface area is 122 Å². The van der Waals surface area contributed by atoms with Crippen LogP contribution in [-0.2, 0) is 4.74 Å². The van der Waals surface area contributed by atoms with E-state index in [2.05, 4.69) is 10.4 Å². The predicted octanol–water partition coefficient (Wildman–Crippen LogP) is 1.80. The van der Waals surface area contributed by atoms with Crippen molar-refractivity contribution in [2.75, 3.05) is 20.3 Å². The van der Waals surface area contributed by atoms with Crippen molar-refractivity contribution in [3.8, 4) is 5.75 Å². The van der Waals surface area contributed by atoms with E-state index in [1.807, 2.05) is 24.3 Å². The Morgan fingerprint density at radius 2 is 2.10 bits per heavy atom. The van der Waals surface area contributed by atoms with Crippen LogP contribution in [0.1, 0.15) is 17.2 Å². The normalized spacial score (nSPS) is 12.1. The van der Waals surface area contributed by atoms with Gasteiger partial charge in [0, 0.05) is 18.9 Å². The standard InChI is InChI=1S/C15H18FN3O2/c1-20-6-7-21-14-5-3-2-4-13(14)15(19-17)11-8-12(16)10-18-9-11/h2-5,8-10,15,19H,6-7,17H2,1H3. The average molecular weight is 291 g/mol. The lowest BCUT2D eigenvalue weighted by molar-refractivity contribution is 0.145. The molecule has 1 heterocycles. The number of rotatable bonds is 7. The molecule has 3 N–H and O–H groups in total.